The number of carbonyl (C=O) groups is 1. The van der Waals surface area contributed by atoms with Crippen LogP contribution in [-0.4, -0.2) is 82.6 Å². The van der Waals surface area contributed by atoms with Crippen LogP contribution in [0.15, 0.2) is 24.3 Å². The maximum absolute atomic E-state index is 12.6. The fraction of sp³-hybridized carbons (Fsp3) is 0.552. The van der Waals surface area contributed by atoms with E-state index in [-0.39, 0.29) is 48.7 Å². The van der Waals surface area contributed by atoms with Crippen molar-refractivity contribution in [3.8, 4) is 28.7 Å². The van der Waals surface area contributed by atoms with Crippen LogP contribution in [0.5, 0.6) is 28.7 Å². The molecular formula is C29H36O11. The lowest BCUT2D eigenvalue weighted by atomic mass is 9.67. The molecule has 0 saturated carbocycles. The Balaban J connectivity index is 0.000000227. The summed E-state index contributed by atoms with van der Waals surface area (Å²) in [6, 6.07) is 7.46. The summed E-state index contributed by atoms with van der Waals surface area (Å²) in [7, 11) is 4.56. The molecule has 1 aliphatic carbocycles. The van der Waals surface area contributed by atoms with E-state index in [9.17, 15) is 15.0 Å². The zero-order valence-electron chi connectivity index (χ0n) is 23.1. The van der Waals surface area contributed by atoms with Crippen molar-refractivity contribution in [1.82, 2.24) is 0 Å². The quantitative estimate of drug-likeness (QED) is 0.399. The average Bonchev–Trinajstić information content (AvgIpc) is 3.57. The third-order valence-electron chi connectivity index (χ3n) is 7.76. The number of aromatic hydroxyl groups is 1. The molecule has 3 aliphatic heterocycles. The molecule has 2 aromatic carbocycles. The summed E-state index contributed by atoms with van der Waals surface area (Å²) >= 11 is 0. The largest absolute Gasteiger partial charge is 0.502 e. The smallest absolute Gasteiger partial charge is 0.310 e. The number of phenols is 1. The Bertz CT molecular complexity index is 1190. The van der Waals surface area contributed by atoms with Gasteiger partial charge in [0.2, 0.25) is 12.5 Å². The minimum atomic E-state index is -0.396. The van der Waals surface area contributed by atoms with Gasteiger partial charge in [-0.1, -0.05) is 0 Å². The predicted octanol–water partition coefficient (Wildman–Crippen LogP) is 2.76. The van der Waals surface area contributed by atoms with Gasteiger partial charge in [-0.3, -0.25) is 4.79 Å². The van der Waals surface area contributed by atoms with Gasteiger partial charge in [-0.25, -0.2) is 0 Å². The van der Waals surface area contributed by atoms with E-state index in [0.717, 1.165) is 28.9 Å². The fourth-order valence-corrected chi connectivity index (χ4v) is 5.79. The van der Waals surface area contributed by atoms with Gasteiger partial charge in [0.05, 0.1) is 52.2 Å². The molecule has 40 heavy (non-hydrogen) atoms. The highest BCUT2D eigenvalue weighted by Gasteiger charge is 2.48. The topological polar surface area (TPSA) is 131 Å². The van der Waals surface area contributed by atoms with Gasteiger partial charge < -0.3 is 48.1 Å². The Kier molecular flexibility index (Phi) is 8.55. The molecule has 2 saturated heterocycles. The van der Waals surface area contributed by atoms with Crippen LogP contribution in [0.3, 0.4) is 0 Å². The number of aliphatic hydroxyl groups excluding tert-OH is 1. The molecule has 218 valence electrons. The lowest BCUT2D eigenvalue weighted by Crippen LogP contribution is -2.36. The van der Waals surface area contributed by atoms with Crippen molar-refractivity contribution in [3.05, 3.63) is 41.0 Å². The Morgan fingerprint density at radius 2 is 1.65 bits per heavy atom. The van der Waals surface area contributed by atoms with Gasteiger partial charge in [-0.15, -0.1) is 0 Å². The van der Waals surface area contributed by atoms with Crippen LogP contribution in [0.1, 0.15) is 36.0 Å². The number of esters is 1. The van der Waals surface area contributed by atoms with Crippen molar-refractivity contribution >= 4 is 5.97 Å². The molecule has 0 aromatic heterocycles. The van der Waals surface area contributed by atoms with Crippen molar-refractivity contribution in [3.63, 3.8) is 0 Å². The van der Waals surface area contributed by atoms with Gasteiger partial charge >= 0.3 is 5.97 Å². The highest BCUT2D eigenvalue weighted by molar-refractivity contribution is 5.78. The van der Waals surface area contributed by atoms with Gasteiger partial charge in [-0.2, -0.15) is 0 Å². The molecule has 6 atom stereocenters. The maximum Gasteiger partial charge on any atom is 0.310 e. The van der Waals surface area contributed by atoms with E-state index in [1.165, 1.54) is 14.2 Å². The first-order chi connectivity index (χ1) is 19.3. The summed E-state index contributed by atoms with van der Waals surface area (Å²) in [5.41, 5.74) is 2.93. The first-order valence-electron chi connectivity index (χ1n) is 13.3. The normalized spacial score (nSPS) is 27.0. The van der Waals surface area contributed by atoms with Crippen molar-refractivity contribution in [2.45, 2.75) is 44.2 Å². The van der Waals surface area contributed by atoms with Crippen LogP contribution in [0, 0.1) is 11.8 Å². The Morgan fingerprint density at radius 1 is 0.950 bits per heavy atom. The minimum Gasteiger partial charge on any atom is -0.502 e. The first-order valence-corrected chi connectivity index (χ1v) is 13.3. The number of hydrogen-bond donors (Lipinski definition) is 2. The second-order valence-corrected chi connectivity index (χ2v) is 10.3. The van der Waals surface area contributed by atoms with E-state index in [2.05, 4.69) is 0 Å². The highest BCUT2D eigenvalue weighted by atomic mass is 16.7. The Morgan fingerprint density at radius 3 is 2.30 bits per heavy atom. The fourth-order valence-electron chi connectivity index (χ4n) is 5.79. The third-order valence-corrected chi connectivity index (χ3v) is 7.76. The molecule has 0 bridgehead atoms. The zero-order chi connectivity index (χ0) is 28.4. The average molecular weight is 561 g/mol. The van der Waals surface area contributed by atoms with E-state index >= 15 is 0 Å². The van der Waals surface area contributed by atoms with Crippen molar-refractivity contribution in [2.24, 2.45) is 11.8 Å². The Hall–Kier alpha value is -3.25. The van der Waals surface area contributed by atoms with Gasteiger partial charge in [0, 0.05) is 25.4 Å². The number of cyclic esters (lactones) is 1. The summed E-state index contributed by atoms with van der Waals surface area (Å²) in [5.74, 6) is 1.22. The van der Waals surface area contributed by atoms with Crippen LogP contribution in [0.2, 0.25) is 0 Å². The van der Waals surface area contributed by atoms with Gasteiger partial charge in [0.1, 0.15) is 0 Å². The minimum absolute atomic E-state index is 0.0382. The van der Waals surface area contributed by atoms with Crippen molar-refractivity contribution in [1.29, 1.82) is 0 Å². The molecule has 11 heteroatoms. The lowest BCUT2D eigenvalue weighted by Gasteiger charge is -2.33. The number of phenolic OH excluding ortho intramolecular Hbond substituents is 1. The number of methoxy groups -OCH3 is 3. The molecule has 2 fully saturated rings. The van der Waals surface area contributed by atoms with E-state index in [0.29, 0.717) is 43.5 Å². The van der Waals surface area contributed by atoms with Crippen molar-refractivity contribution < 1.29 is 52.9 Å². The van der Waals surface area contributed by atoms with Gasteiger partial charge in [0.15, 0.2) is 29.3 Å². The van der Waals surface area contributed by atoms with Crippen LogP contribution in [-0.2, 0) is 30.2 Å². The summed E-state index contributed by atoms with van der Waals surface area (Å²) < 4.78 is 42.6. The monoisotopic (exact) mass is 560 g/mol. The van der Waals surface area contributed by atoms with E-state index < -0.39 is 6.10 Å². The predicted molar refractivity (Wildman–Crippen MR) is 140 cm³/mol. The molecule has 2 N–H and O–H groups in total. The number of hydrogen-bond acceptors (Lipinski definition) is 11. The summed E-state index contributed by atoms with van der Waals surface area (Å²) in [5, 5.41) is 19.5. The van der Waals surface area contributed by atoms with Crippen LogP contribution in [0.25, 0.3) is 0 Å². The van der Waals surface area contributed by atoms with Gasteiger partial charge in [-0.05, 0) is 54.3 Å². The molecule has 0 radical (unpaired) electrons. The zero-order valence-corrected chi connectivity index (χ0v) is 23.1. The van der Waals surface area contributed by atoms with Crippen molar-refractivity contribution in [2.75, 3.05) is 47.9 Å². The van der Waals surface area contributed by atoms with Crippen LogP contribution in [0.4, 0.5) is 0 Å². The van der Waals surface area contributed by atoms with Crippen LogP contribution < -0.4 is 18.9 Å². The maximum atomic E-state index is 12.6. The third kappa shape index (κ3) is 5.64. The lowest BCUT2D eigenvalue weighted by molar-refractivity contribution is -0.185. The molecule has 11 nitrogen and oxygen atoms in total. The molecule has 3 heterocycles. The molecule has 0 amide bonds. The number of fused-ring (bicyclic) bond motifs is 3. The SMILES string of the molecule is COC(C)OC1COCC(O)C1.COc1cc(C2c3cc4c(cc3CC3COC(=O)C32)OCO4)cc(OC)c1O. The molecule has 6 rings (SSSR count). The molecule has 2 aromatic rings. The van der Waals surface area contributed by atoms with E-state index in [4.69, 9.17) is 37.9 Å². The molecule has 4 aliphatic rings. The van der Waals surface area contributed by atoms with Crippen LogP contribution >= 0.6 is 0 Å². The molecular weight excluding hydrogens is 524 g/mol. The van der Waals surface area contributed by atoms with E-state index in [1.807, 2.05) is 19.1 Å². The summed E-state index contributed by atoms with van der Waals surface area (Å²) in [6.07, 6.45) is 0.708. The molecule has 0 spiro atoms. The molecule has 6 unspecified atom stereocenters. The summed E-state index contributed by atoms with van der Waals surface area (Å²) in [6.45, 7) is 3.38. The number of aliphatic hydroxyl groups is 1. The first kappa shape index (κ1) is 28.3. The highest BCUT2D eigenvalue weighted by Crippen LogP contribution is 2.52. The number of carbonyl (C=O) groups excluding carboxylic acids is 1. The summed E-state index contributed by atoms with van der Waals surface area (Å²) in [4.78, 5) is 12.6. The Labute approximate surface area is 232 Å². The number of rotatable bonds is 6. The van der Waals surface area contributed by atoms with E-state index in [1.54, 1.807) is 19.2 Å². The van der Waals surface area contributed by atoms with Gasteiger partial charge in [0.25, 0.3) is 0 Å². The number of ether oxygens (including phenoxy) is 8. The number of benzene rings is 2. The second kappa shape index (κ2) is 12.1. The second-order valence-electron chi connectivity index (χ2n) is 10.3. The standard InChI is InChI=1S/C21H20O7.C8H16O4/c1-24-16-5-11(6-17(25-2)20(16)22)18-13-7-15-14(27-9-28-15)4-10(13)3-12-8-26-21(23)19(12)18;1-6(10-2)12-8-3-7(9)4-11-5-8/h4-7,12,18-19,22H,3,8-9H2,1-2H3;6-9H,3-5H2,1-2H3.